The van der Waals surface area contributed by atoms with Crippen molar-refractivity contribution in [3.05, 3.63) is 11.6 Å². The van der Waals surface area contributed by atoms with Crippen molar-refractivity contribution in [3.63, 3.8) is 0 Å². The second-order valence-corrected chi connectivity index (χ2v) is 26.6. The molecule has 3 saturated heterocycles. The van der Waals surface area contributed by atoms with E-state index in [0.717, 1.165) is 31.3 Å². The second kappa shape index (κ2) is 22.5. The lowest BCUT2D eigenvalue weighted by molar-refractivity contribution is -0.327. The maximum Gasteiger partial charge on any atom is 0.311 e. The Hall–Kier alpha value is -2.53. The highest BCUT2D eigenvalue weighted by molar-refractivity contribution is 5.78. The number of aliphatic hydroxyl groups is 11. The number of hydrogen-bond acceptors (Lipinski definition) is 22. The average molecular weight is 1130 g/mol. The predicted molar refractivity (Wildman–Crippen MR) is 270 cm³/mol. The van der Waals surface area contributed by atoms with Crippen molar-refractivity contribution in [2.24, 2.45) is 62.6 Å². The number of allylic oxidation sites excluding steroid dienone is 2. The van der Waals surface area contributed by atoms with Crippen molar-refractivity contribution in [2.75, 3.05) is 19.8 Å². The molecule has 0 aromatic rings. The molecule has 0 unspecified atom stereocenters. The van der Waals surface area contributed by atoms with Crippen molar-refractivity contribution in [1.29, 1.82) is 0 Å². The highest BCUT2D eigenvalue weighted by Gasteiger charge is 2.69. The first-order valence-corrected chi connectivity index (χ1v) is 28.5. The summed E-state index contributed by atoms with van der Waals surface area (Å²) < 4.78 is 46.7. The van der Waals surface area contributed by atoms with E-state index < -0.39 is 159 Å². The van der Waals surface area contributed by atoms with Crippen LogP contribution in [0, 0.1) is 62.6 Å². The lowest BCUT2D eigenvalue weighted by atomic mass is 9.34. The Morgan fingerprint density at radius 3 is 2.01 bits per heavy atom. The summed E-state index contributed by atoms with van der Waals surface area (Å²) in [4.78, 5) is 39.6. The Kier molecular flexibility index (Phi) is 17.4. The molecule has 9 aliphatic rings. The van der Waals surface area contributed by atoms with Crippen LogP contribution in [-0.2, 0) is 52.3 Å². The van der Waals surface area contributed by atoms with Gasteiger partial charge in [-0.2, -0.15) is 0 Å². The summed E-state index contributed by atoms with van der Waals surface area (Å²) in [6.45, 7) is 14.5. The van der Waals surface area contributed by atoms with E-state index in [0.29, 0.717) is 19.3 Å². The van der Waals surface area contributed by atoms with Crippen LogP contribution in [0.2, 0.25) is 0 Å². The van der Waals surface area contributed by atoms with Crippen LogP contribution in [0.25, 0.3) is 0 Å². The number of carbonyl (C=O) groups excluding carboxylic acids is 2. The molecule has 0 aromatic carbocycles. The van der Waals surface area contributed by atoms with E-state index >= 15 is 0 Å². The fraction of sp³-hybridized carbons (Fsp3) is 0.911. The normalized spacial score (nSPS) is 52.5. The van der Waals surface area contributed by atoms with Gasteiger partial charge in [0.15, 0.2) is 18.7 Å². The lowest BCUT2D eigenvalue weighted by Gasteiger charge is -2.71. The Morgan fingerprint density at radius 1 is 0.684 bits per heavy atom. The Morgan fingerprint density at radius 2 is 1.34 bits per heavy atom. The molecule has 79 heavy (non-hydrogen) atoms. The number of rotatable bonds is 12. The number of esters is 2. The maximum atomic E-state index is 14.7. The number of carbonyl (C=O) groups is 3. The van der Waals surface area contributed by atoms with E-state index in [2.05, 4.69) is 40.7 Å². The number of aliphatic hydroxyl groups excluding tert-OH is 11. The molecule has 9 rings (SSSR count). The highest BCUT2D eigenvalue weighted by atomic mass is 16.7. The monoisotopic (exact) mass is 1130 g/mol. The van der Waals surface area contributed by atoms with E-state index in [9.17, 15) is 75.7 Å². The minimum Gasteiger partial charge on any atom is -0.481 e. The standard InChI is InChI=1S/C56H88O23/c1-23-36(59)40(63)44(67)49(74-23)78-46-25(20-57)17-30(37(60)42(46)65)72-21-32-38(61)41(64)45(68)50(76-32)79-47(69)28-19-53(5,51(70)71)18-27-26(28)11-15-55(7)29(27)9-10-34-54(6)14-13-35(52(3,4)33(54)12-16-56(34,55)8)77-48-43(66)39(62)31(22-73-48)75-24(2)58/h9,23,25-28,30-46,48-50,57,59-68H,10-22H2,1-8H3,(H,70,71)/t23-,25+,26-,27-,28-,30-,31-,32+,33+,34+,35+,36-,37-,38+,39-,40+,41-,42+,43+,44+,45+,46+,48-,49+,50-,53-,54+,55+,56+/m0/s1. The molecule has 0 spiro atoms. The zero-order chi connectivity index (χ0) is 57.8. The van der Waals surface area contributed by atoms with E-state index in [-0.39, 0.29) is 77.3 Å². The van der Waals surface area contributed by atoms with Crippen LogP contribution >= 0.6 is 0 Å². The first-order chi connectivity index (χ1) is 36.9. The van der Waals surface area contributed by atoms with Crippen LogP contribution < -0.4 is 0 Å². The molecule has 0 amide bonds. The fourth-order valence-electron chi connectivity index (χ4n) is 17.0. The van der Waals surface area contributed by atoms with E-state index in [1.165, 1.54) is 13.8 Å². The largest absolute Gasteiger partial charge is 0.481 e. The van der Waals surface area contributed by atoms with Crippen molar-refractivity contribution in [2.45, 2.75) is 236 Å². The Bertz CT molecular complexity index is 2250. The summed E-state index contributed by atoms with van der Waals surface area (Å²) >= 11 is 0. The number of carboxylic acids is 1. The van der Waals surface area contributed by atoms with E-state index in [1.54, 1.807) is 6.92 Å². The molecule has 3 heterocycles. The number of fused-ring (bicyclic) bond motifs is 7. The zero-order valence-electron chi connectivity index (χ0n) is 46.6. The fourth-order valence-corrected chi connectivity index (χ4v) is 17.0. The Labute approximate surface area is 460 Å². The van der Waals surface area contributed by atoms with Crippen LogP contribution in [0.4, 0.5) is 0 Å². The summed E-state index contributed by atoms with van der Waals surface area (Å²) in [5.41, 5.74) is -1.33. The molecule has 12 N–H and O–H groups in total. The van der Waals surface area contributed by atoms with Crippen molar-refractivity contribution >= 4 is 17.9 Å². The lowest BCUT2D eigenvalue weighted by Crippen LogP contribution is -2.65. The third-order valence-corrected chi connectivity index (χ3v) is 21.9. The molecular formula is C56H88O23. The molecule has 23 heteroatoms. The topological polar surface area (TPSA) is 368 Å². The van der Waals surface area contributed by atoms with Crippen LogP contribution in [0.1, 0.15) is 120 Å². The van der Waals surface area contributed by atoms with Gasteiger partial charge in [-0.3, -0.25) is 14.4 Å². The van der Waals surface area contributed by atoms with Gasteiger partial charge in [0.1, 0.15) is 67.1 Å². The van der Waals surface area contributed by atoms with Crippen LogP contribution in [-0.4, -0.2) is 216 Å². The van der Waals surface area contributed by atoms with Crippen LogP contribution in [0.5, 0.6) is 0 Å². The first kappa shape index (κ1) is 61.0. The van der Waals surface area contributed by atoms with Gasteiger partial charge in [0, 0.05) is 19.4 Å². The van der Waals surface area contributed by atoms with E-state index in [4.69, 9.17) is 37.9 Å². The van der Waals surface area contributed by atoms with Gasteiger partial charge in [-0.1, -0.05) is 46.3 Å². The third-order valence-electron chi connectivity index (χ3n) is 21.9. The van der Waals surface area contributed by atoms with Gasteiger partial charge in [-0.25, -0.2) is 0 Å². The van der Waals surface area contributed by atoms with Gasteiger partial charge in [-0.15, -0.1) is 0 Å². The molecule has 23 nitrogen and oxygen atoms in total. The van der Waals surface area contributed by atoms with Gasteiger partial charge < -0.3 is 99.2 Å². The van der Waals surface area contributed by atoms with E-state index in [1.807, 2.05) is 0 Å². The summed E-state index contributed by atoms with van der Waals surface area (Å²) in [6, 6.07) is 0. The smallest absolute Gasteiger partial charge is 0.311 e. The molecule has 3 aliphatic heterocycles. The number of hydrogen-bond donors (Lipinski definition) is 12. The summed E-state index contributed by atoms with van der Waals surface area (Å²) in [6.07, 6.45) is -19.8. The van der Waals surface area contributed by atoms with Gasteiger partial charge in [0.2, 0.25) is 6.29 Å². The molecule has 6 aliphatic carbocycles. The maximum absolute atomic E-state index is 14.7. The molecule has 0 aromatic heterocycles. The average Bonchev–Trinajstić information content (AvgIpc) is 3.00. The predicted octanol–water partition coefficient (Wildman–Crippen LogP) is -0.214. The molecule has 450 valence electrons. The van der Waals surface area contributed by atoms with Gasteiger partial charge in [-0.05, 0) is 123 Å². The molecular weight excluding hydrogens is 1040 g/mol. The molecule has 0 bridgehead atoms. The SMILES string of the molecule is CC(=O)O[C@H]1CO[C@@H](O[C@@H]2CC[C@]3(C)[C@H](CC[C@]4(C)[C@@H]3CC=C3[C@H]5C[C@](C)(C(=O)O)C[C@H](C(=O)O[C@@H]6O[C@H](CO[C@H]7C[C@H](CO)[C@@H](O[C@H]8O[C@@H](C)[C@H](O)[C@@H](O)[C@H]8O)[C@H](O)[C@H]7O)[C@@H](O)[C@H](O)[C@H]6O)[C@H]5CC[C@]34C)C2(C)C)[C@H](O)[C@H]1O. The second-order valence-electron chi connectivity index (χ2n) is 26.6. The summed E-state index contributed by atoms with van der Waals surface area (Å²) in [7, 11) is 0. The highest BCUT2D eigenvalue weighted by Crippen LogP contribution is 2.75. The van der Waals surface area contributed by atoms with Crippen LogP contribution in [0.3, 0.4) is 0 Å². The molecule has 0 radical (unpaired) electrons. The van der Waals surface area contributed by atoms with Gasteiger partial charge in [0.05, 0.1) is 49.0 Å². The molecule has 29 atom stereocenters. The number of ether oxygens (including phenoxy) is 8. The summed E-state index contributed by atoms with van der Waals surface area (Å²) in [5, 5.41) is 130. The molecule has 8 fully saturated rings. The van der Waals surface area contributed by atoms with Gasteiger partial charge >= 0.3 is 17.9 Å². The zero-order valence-corrected chi connectivity index (χ0v) is 46.6. The Balaban J connectivity index is 0.875. The van der Waals surface area contributed by atoms with Crippen molar-refractivity contribution in [1.82, 2.24) is 0 Å². The number of aliphatic carboxylic acids is 1. The quantitative estimate of drug-likeness (QED) is 0.0683. The summed E-state index contributed by atoms with van der Waals surface area (Å²) in [5.74, 6) is -4.60. The van der Waals surface area contributed by atoms with Crippen LogP contribution in [0.15, 0.2) is 11.6 Å². The minimum atomic E-state index is -1.93. The molecule has 5 saturated carbocycles. The minimum absolute atomic E-state index is 0.0640. The first-order valence-electron chi connectivity index (χ1n) is 28.5. The van der Waals surface area contributed by atoms with Gasteiger partial charge in [0.25, 0.3) is 0 Å². The third kappa shape index (κ3) is 10.4. The number of carboxylic acid groups (broad SMARTS) is 1. The van der Waals surface area contributed by atoms with Crippen molar-refractivity contribution < 1.29 is 114 Å². The van der Waals surface area contributed by atoms with Crippen molar-refractivity contribution in [3.8, 4) is 0 Å².